The summed E-state index contributed by atoms with van der Waals surface area (Å²) in [6.07, 6.45) is -4.49. The average Bonchev–Trinajstić information content (AvgIpc) is 2.15. The zero-order chi connectivity index (χ0) is 11.6. The standard InChI is InChI=1S/C8H7BrF3NO2/c9-4-5-1-2-6(13(14)15)3-7(5)8(10,11)12/h1-3,14-15H,4H2/p+1. The van der Waals surface area contributed by atoms with Crippen LogP contribution in [-0.2, 0) is 11.5 Å². The van der Waals surface area contributed by atoms with E-state index < -0.39 is 11.7 Å². The number of nitrogens with zero attached hydrogens (tertiary/aromatic N) is 1. The third-order valence-corrected chi connectivity index (χ3v) is 2.39. The first-order chi connectivity index (χ1) is 6.86. The summed E-state index contributed by atoms with van der Waals surface area (Å²) in [6, 6.07) is 3.17. The van der Waals surface area contributed by atoms with Crippen molar-refractivity contribution in [3.8, 4) is 0 Å². The fourth-order valence-electron chi connectivity index (χ4n) is 1.08. The molecule has 0 bridgehead atoms. The predicted molar refractivity (Wildman–Crippen MR) is 52.0 cm³/mol. The number of rotatable bonds is 2. The van der Waals surface area contributed by atoms with Crippen molar-refractivity contribution in [2.45, 2.75) is 11.5 Å². The molecule has 0 unspecified atom stereocenters. The topological polar surface area (TPSA) is 46.4 Å². The lowest BCUT2D eigenvalue weighted by Crippen LogP contribution is -2.14. The first-order valence-corrected chi connectivity index (χ1v) is 4.94. The second-order valence-electron chi connectivity index (χ2n) is 2.78. The van der Waals surface area contributed by atoms with Gasteiger partial charge in [0.1, 0.15) is 5.69 Å². The van der Waals surface area contributed by atoms with Gasteiger partial charge in [0.25, 0.3) is 0 Å². The lowest BCUT2D eigenvalue weighted by Gasteiger charge is -2.13. The number of anilines is 1. The summed E-state index contributed by atoms with van der Waals surface area (Å²) in [4.78, 5) is 0. The van der Waals surface area contributed by atoms with E-state index >= 15 is 0 Å². The molecule has 15 heavy (non-hydrogen) atoms. The van der Waals surface area contributed by atoms with Crippen LogP contribution in [0.5, 0.6) is 0 Å². The van der Waals surface area contributed by atoms with Crippen LogP contribution >= 0.6 is 15.9 Å². The number of alkyl halides is 4. The van der Waals surface area contributed by atoms with Gasteiger partial charge < -0.3 is 0 Å². The number of hydrogen-bond acceptors (Lipinski definition) is 2. The Morgan fingerprint density at radius 2 is 2.00 bits per heavy atom. The van der Waals surface area contributed by atoms with E-state index in [9.17, 15) is 13.2 Å². The van der Waals surface area contributed by atoms with Gasteiger partial charge in [0.15, 0.2) is 0 Å². The van der Waals surface area contributed by atoms with Crippen molar-refractivity contribution in [3.63, 3.8) is 0 Å². The maximum atomic E-state index is 12.5. The average molecular weight is 287 g/mol. The van der Waals surface area contributed by atoms with Crippen molar-refractivity contribution in [1.82, 2.24) is 0 Å². The Labute approximate surface area is 91.8 Å². The minimum Gasteiger partial charge on any atom is -0.288 e. The maximum Gasteiger partial charge on any atom is 0.416 e. The molecule has 0 spiro atoms. The van der Waals surface area contributed by atoms with Crippen molar-refractivity contribution in [2.75, 3.05) is 5.23 Å². The van der Waals surface area contributed by atoms with Gasteiger partial charge in [0.2, 0.25) is 0 Å². The number of hydrogen-bond donors (Lipinski definition) is 1. The quantitative estimate of drug-likeness (QED) is 0.516. The second-order valence-corrected chi connectivity index (χ2v) is 3.35. The molecule has 0 atom stereocenters. The van der Waals surface area contributed by atoms with Gasteiger partial charge in [-0.3, -0.25) is 5.21 Å². The summed E-state index contributed by atoms with van der Waals surface area (Å²) < 4.78 is 37.5. The first kappa shape index (κ1) is 12.3. The fourth-order valence-corrected chi connectivity index (χ4v) is 1.57. The highest BCUT2D eigenvalue weighted by Crippen LogP contribution is 2.35. The number of halogens is 4. The summed E-state index contributed by atoms with van der Waals surface area (Å²) in [5.41, 5.74) is -1.02. The Morgan fingerprint density at radius 1 is 1.40 bits per heavy atom. The molecule has 1 aromatic rings. The SMILES string of the molecule is ON([OH2+])c1ccc(CBr)c(C(F)(F)F)c1. The summed E-state index contributed by atoms with van der Waals surface area (Å²) in [7, 11) is 0. The fraction of sp³-hybridized carbons (Fsp3) is 0.250. The Kier molecular flexibility index (Phi) is 3.58. The smallest absolute Gasteiger partial charge is 0.288 e. The summed E-state index contributed by atoms with van der Waals surface area (Å²) in [6.45, 7) is 0. The molecule has 1 aromatic carbocycles. The van der Waals surface area contributed by atoms with Crippen LogP contribution in [0.3, 0.4) is 0 Å². The molecule has 7 heteroatoms. The summed E-state index contributed by atoms with van der Waals surface area (Å²) >= 11 is 2.94. The van der Waals surface area contributed by atoms with Crippen molar-refractivity contribution < 1.29 is 23.6 Å². The van der Waals surface area contributed by atoms with Gasteiger partial charge in [-0.1, -0.05) is 22.0 Å². The van der Waals surface area contributed by atoms with Crippen LogP contribution in [-0.4, -0.2) is 10.4 Å². The zero-order valence-electron chi connectivity index (χ0n) is 7.35. The van der Waals surface area contributed by atoms with Gasteiger partial charge in [-0.05, 0) is 22.9 Å². The minimum atomic E-state index is -4.49. The summed E-state index contributed by atoms with van der Waals surface area (Å²) in [5, 5.41) is 15.4. The molecule has 0 aliphatic carbocycles. The molecule has 0 amide bonds. The van der Waals surface area contributed by atoms with Crippen LogP contribution in [0.4, 0.5) is 18.9 Å². The molecule has 0 heterocycles. The van der Waals surface area contributed by atoms with E-state index in [0.29, 0.717) is 0 Å². The molecule has 84 valence electrons. The molecule has 0 saturated carbocycles. The van der Waals surface area contributed by atoms with Crippen LogP contribution in [0.15, 0.2) is 18.2 Å². The predicted octanol–water partition coefficient (Wildman–Crippen LogP) is 2.44. The Hall–Kier alpha value is -0.790. The van der Waals surface area contributed by atoms with Gasteiger partial charge in [-0.15, -0.1) is 0 Å². The van der Waals surface area contributed by atoms with Crippen LogP contribution in [0, 0.1) is 0 Å². The van der Waals surface area contributed by atoms with Crippen molar-refractivity contribution in [2.24, 2.45) is 0 Å². The molecular formula is C8H8BrF3NO2+. The van der Waals surface area contributed by atoms with E-state index in [1.54, 1.807) is 0 Å². The van der Waals surface area contributed by atoms with Crippen LogP contribution in [0.2, 0.25) is 0 Å². The minimum absolute atomic E-state index is 0.0611. The molecule has 3 N–H and O–H groups in total. The Morgan fingerprint density at radius 3 is 2.40 bits per heavy atom. The third-order valence-electron chi connectivity index (χ3n) is 1.79. The third kappa shape index (κ3) is 2.83. The highest BCUT2D eigenvalue weighted by Gasteiger charge is 2.33. The van der Waals surface area contributed by atoms with Crippen LogP contribution < -0.4 is 5.23 Å². The second kappa shape index (κ2) is 4.38. The molecule has 0 aliphatic rings. The molecule has 0 radical (unpaired) electrons. The van der Waals surface area contributed by atoms with E-state index in [4.69, 9.17) is 10.4 Å². The van der Waals surface area contributed by atoms with Crippen molar-refractivity contribution >= 4 is 21.6 Å². The Bertz CT molecular complexity index is 354. The lowest BCUT2D eigenvalue weighted by atomic mass is 10.1. The molecule has 3 nitrogen and oxygen atoms in total. The van der Waals surface area contributed by atoms with Gasteiger partial charge >= 0.3 is 6.18 Å². The highest BCUT2D eigenvalue weighted by molar-refractivity contribution is 9.08. The molecule has 0 fully saturated rings. The molecule has 1 rings (SSSR count). The molecule has 0 saturated heterocycles. The lowest BCUT2D eigenvalue weighted by molar-refractivity contribution is -0.138. The monoisotopic (exact) mass is 286 g/mol. The summed E-state index contributed by atoms with van der Waals surface area (Å²) in [5.74, 6) is 0. The van der Waals surface area contributed by atoms with Crippen LogP contribution in [0.25, 0.3) is 0 Å². The van der Waals surface area contributed by atoms with Crippen molar-refractivity contribution in [1.29, 1.82) is 0 Å². The zero-order valence-corrected chi connectivity index (χ0v) is 8.93. The normalized spacial score (nSPS) is 11.6. The van der Waals surface area contributed by atoms with E-state index in [0.717, 1.165) is 6.07 Å². The van der Waals surface area contributed by atoms with Crippen LogP contribution in [0.1, 0.15) is 11.1 Å². The van der Waals surface area contributed by atoms with Gasteiger partial charge in [0, 0.05) is 5.33 Å². The van der Waals surface area contributed by atoms with Gasteiger partial charge in [-0.2, -0.15) is 13.2 Å². The van der Waals surface area contributed by atoms with E-state index in [-0.39, 0.29) is 21.8 Å². The van der Waals surface area contributed by atoms with E-state index in [1.807, 2.05) is 0 Å². The molecule has 0 aromatic heterocycles. The largest absolute Gasteiger partial charge is 0.416 e. The van der Waals surface area contributed by atoms with Gasteiger partial charge in [0.05, 0.1) is 5.56 Å². The van der Waals surface area contributed by atoms with Crippen molar-refractivity contribution in [3.05, 3.63) is 29.3 Å². The Balaban J connectivity index is 3.26. The van der Waals surface area contributed by atoms with E-state index in [1.165, 1.54) is 12.1 Å². The number of benzene rings is 1. The van der Waals surface area contributed by atoms with Gasteiger partial charge in [-0.25, -0.2) is 5.21 Å². The highest BCUT2D eigenvalue weighted by atomic mass is 79.9. The molecule has 0 aliphatic heterocycles. The molecular weight excluding hydrogens is 279 g/mol. The van der Waals surface area contributed by atoms with E-state index in [2.05, 4.69) is 15.9 Å². The maximum absolute atomic E-state index is 12.5. The first-order valence-electron chi connectivity index (χ1n) is 3.82.